The lowest BCUT2D eigenvalue weighted by atomic mass is 10.1. The van der Waals surface area contributed by atoms with Crippen LogP contribution >= 0.6 is 22.7 Å². The summed E-state index contributed by atoms with van der Waals surface area (Å²) in [4.78, 5) is 0. The Hall–Kier alpha value is -5.42. The largest absolute Gasteiger partial charge is 0.309 e. The van der Waals surface area contributed by atoms with Crippen molar-refractivity contribution in [2.75, 3.05) is 0 Å². The molecule has 7 aromatic carbocycles. The zero-order valence-corrected chi connectivity index (χ0v) is 26.2. The van der Waals surface area contributed by atoms with Gasteiger partial charge in [-0.25, -0.2) is 0 Å². The summed E-state index contributed by atoms with van der Waals surface area (Å²) in [5.41, 5.74) is 7.36. The van der Waals surface area contributed by atoms with Gasteiger partial charge in [0, 0.05) is 62.9 Å². The fourth-order valence-electron chi connectivity index (χ4n) is 7.78. The Morgan fingerprint density at radius 1 is 0.348 bits per heavy atom. The lowest BCUT2D eigenvalue weighted by molar-refractivity contribution is 1.17. The monoisotopic (exact) mass is 620 g/mol. The molecule has 0 N–H and O–H groups in total. The molecule has 4 heterocycles. The molecule has 0 aliphatic rings. The molecule has 0 bridgehead atoms. The predicted octanol–water partition coefficient (Wildman–Crippen LogP) is 12.6. The molecule has 0 fully saturated rings. The summed E-state index contributed by atoms with van der Waals surface area (Å²) >= 11 is 3.81. The van der Waals surface area contributed by atoms with E-state index in [0.717, 1.165) is 0 Å². The van der Waals surface area contributed by atoms with Crippen molar-refractivity contribution in [1.29, 1.82) is 0 Å². The van der Waals surface area contributed by atoms with Gasteiger partial charge >= 0.3 is 0 Å². The molecule has 0 radical (unpaired) electrons. The van der Waals surface area contributed by atoms with Crippen LogP contribution in [0.1, 0.15) is 0 Å². The molecule has 0 spiro atoms. The van der Waals surface area contributed by atoms with E-state index in [9.17, 15) is 0 Å². The Kier molecular flexibility index (Phi) is 4.90. The third kappa shape index (κ3) is 3.20. The van der Waals surface area contributed by atoms with E-state index < -0.39 is 0 Å². The second kappa shape index (κ2) is 9.07. The number of fused-ring (bicyclic) bond motifs is 13. The lowest BCUT2D eigenvalue weighted by Crippen LogP contribution is -1.96. The molecule has 0 saturated carbocycles. The topological polar surface area (TPSA) is 9.86 Å². The molecule has 214 valence electrons. The van der Waals surface area contributed by atoms with E-state index in [1.54, 1.807) is 0 Å². The van der Waals surface area contributed by atoms with Crippen LogP contribution in [0.25, 0.3) is 95.3 Å². The Morgan fingerprint density at radius 2 is 0.891 bits per heavy atom. The van der Waals surface area contributed by atoms with Crippen molar-refractivity contribution < 1.29 is 0 Å². The highest BCUT2D eigenvalue weighted by Gasteiger charge is 2.21. The molecule has 11 aromatic rings. The number of aromatic nitrogens is 2. The fourth-order valence-corrected chi connectivity index (χ4v) is 10.2. The molecule has 0 aliphatic heterocycles. The minimum atomic E-state index is 1.18. The van der Waals surface area contributed by atoms with Gasteiger partial charge in [-0.05, 0) is 54.6 Å². The summed E-state index contributed by atoms with van der Waals surface area (Å²) < 4.78 is 10.3. The zero-order valence-electron chi connectivity index (χ0n) is 24.6. The van der Waals surface area contributed by atoms with Gasteiger partial charge in [-0.3, -0.25) is 0 Å². The summed E-state index contributed by atoms with van der Waals surface area (Å²) in [6.45, 7) is 0. The van der Waals surface area contributed by atoms with Gasteiger partial charge in [-0.15, -0.1) is 22.7 Å². The van der Waals surface area contributed by atoms with Crippen LogP contribution in [-0.4, -0.2) is 9.13 Å². The Bertz CT molecular complexity index is 2990. The van der Waals surface area contributed by atoms with Crippen LogP contribution in [-0.2, 0) is 0 Å². The van der Waals surface area contributed by atoms with Crippen LogP contribution in [0.4, 0.5) is 0 Å². The molecule has 0 atom stereocenters. The van der Waals surface area contributed by atoms with E-state index in [-0.39, 0.29) is 0 Å². The number of thiophene rings is 2. The standard InChI is InChI=1S/C42H24N2S2/c1-5-15-33-26(10-1)27-11-2-6-16-34(27)43(33)25-20-22-35-32(24-25)40-36(23-21-31-29-13-4-8-19-39(29)46-42(31)40)44(35)37-17-9-14-30-28-12-3-7-18-38(28)45-41(30)37/h1-24H. The first-order valence-corrected chi connectivity index (χ1v) is 17.2. The van der Waals surface area contributed by atoms with Gasteiger partial charge < -0.3 is 9.13 Å². The minimum absolute atomic E-state index is 1.18. The third-order valence-electron chi connectivity index (χ3n) is 9.72. The third-order valence-corrected chi connectivity index (χ3v) is 12.1. The summed E-state index contributed by atoms with van der Waals surface area (Å²) in [6, 6.07) is 53.7. The molecule has 4 aromatic heterocycles. The normalized spacial score (nSPS) is 12.3. The smallest absolute Gasteiger partial charge is 0.0640 e. The minimum Gasteiger partial charge on any atom is -0.309 e. The van der Waals surface area contributed by atoms with Gasteiger partial charge in [-0.1, -0.05) is 91.0 Å². The SMILES string of the molecule is c1ccc2c(c1)sc1c(-n3c4ccc(-n5c6ccccc6c6ccccc65)cc4c4c5sc6ccccc6c5ccc43)cccc12. The molecular weight excluding hydrogens is 597 g/mol. The maximum absolute atomic E-state index is 2.52. The van der Waals surface area contributed by atoms with Crippen molar-refractivity contribution in [3.8, 4) is 11.4 Å². The Balaban J connectivity index is 1.31. The molecule has 46 heavy (non-hydrogen) atoms. The van der Waals surface area contributed by atoms with Gasteiger partial charge in [0.15, 0.2) is 0 Å². The van der Waals surface area contributed by atoms with Crippen LogP contribution in [0, 0.1) is 0 Å². The average molecular weight is 621 g/mol. The van der Waals surface area contributed by atoms with Crippen molar-refractivity contribution in [2.24, 2.45) is 0 Å². The van der Waals surface area contributed by atoms with Gasteiger partial charge in [0.05, 0.1) is 32.5 Å². The summed E-state index contributed by atoms with van der Waals surface area (Å²) in [7, 11) is 0. The fraction of sp³-hybridized carbons (Fsp3) is 0. The van der Waals surface area contributed by atoms with Crippen LogP contribution in [0.15, 0.2) is 146 Å². The van der Waals surface area contributed by atoms with E-state index in [2.05, 4.69) is 155 Å². The number of hydrogen-bond acceptors (Lipinski definition) is 2. The van der Waals surface area contributed by atoms with E-state index >= 15 is 0 Å². The first-order chi connectivity index (χ1) is 22.8. The molecule has 4 heteroatoms. The number of nitrogens with zero attached hydrogens (tertiary/aromatic N) is 2. The molecule has 2 nitrogen and oxygen atoms in total. The average Bonchev–Trinajstić information content (AvgIpc) is 3.85. The second-order valence-electron chi connectivity index (χ2n) is 12.1. The molecule has 11 rings (SSSR count). The highest BCUT2D eigenvalue weighted by molar-refractivity contribution is 7.27. The maximum atomic E-state index is 2.52. The van der Waals surface area contributed by atoms with Crippen LogP contribution < -0.4 is 0 Å². The van der Waals surface area contributed by atoms with Gasteiger partial charge in [0.2, 0.25) is 0 Å². The summed E-state index contributed by atoms with van der Waals surface area (Å²) in [6.07, 6.45) is 0. The quantitative estimate of drug-likeness (QED) is 0.182. The zero-order chi connectivity index (χ0) is 29.9. The summed E-state index contributed by atoms with van der Waals surface area (Å²) in [5.74, 6) is 0. The van der Waals surface area contributed by atoms with Crippen molar-refractivity contribution in [3.63, 3.8) is 0 Å². The van der Waals surface area contributed by atoms with Crippen molar-refractivity contribution in [3.05, 3.63) is 146 Å². The van der Waals surface area contributed by atoms with Gasteiger partial charge in [-0.2, -0.15) is 0 Å². The van der Waals surface area contributed by atoms with Crippen LogP contribution in [0.2, 0.25) is 0 Å². The lowest BCUT2D eigenvalue weighted by Gasteiger charge is -2.11. The number of hydrogen-bond donors (Lipinski definition) is 0. The first kappa shape index (κ1) is 24.8. The van der Waals surface area contributed by atoms with Crippen molar-refractivity contribution >= 4 is 107 Å². The number of benzene rings is 7. The van der Waals surface area contributed by atoms with Gasteiger partial charge in [0.1, 0.15) is 0 Å². The first-order valence-electron chi connectivity index (χ1n) is 15.6. The van der Waals surface area contributed by atoms with Crippen LogP contribution in [0.3, 0.4) is 0 Å². The Labute approximate surface area is 271 Å². The highest BCUT2D eigenvalue weighted by Crippen LogP contribution is 2.46. The maximum Gasteiger partial charge on any atom is 0.0640 e. The van der Waals surface area contributed by atoms with Crippen LogP contribution in [0.5, 0.6) is 0 Å². The number of para-hydroxylation sites is 2. The second-order valence-corrected chi connectivity index (χ2v) is 14.2. The number of rotatable bonds is 2. The van der Waals surface area contributed by atoms with E-state index in [1.165, 1.54) is 95.3 Å². The molecule has 0 unspecified atom stereocenters. The van der Waals surface area contributed by atoms with Crippen molar-refractivity contribution in [2.45, 2.75) is 0 Å². The van der Waals surface area contributed by atoms with Crippen molar-refractivity contribution in [1.82, 2.24) is 9.13 Å². The summed E-state index contributed by atoms with van der Waals surface area (Å²) in [5, 5.41) is 10.5. The van der Waals surface area contributed by atoms with E-state index in [1.807, 2.05) is 22.7 Å². The highest BCUT2D eigenvalue weighted by atomic mass is 32.1. The van der Waals surface area contributed by atoms with E-state index in [4.69, 9.17) is 0 Å². The molecule has 0 aliphatic carbocycles. The molecule has 0 saturated heterocycles. The predicted molar refractivity (Wildman–Crippen MR) is 201 cm³/mol. The van der Waals surface area contributed by atoms with Gasteiger partial charge in [0.25, 0.3) is 0 Å². The molecule has 0 amide bonds. The Morgan fingerprint density at radius 3 is 1.61 bits per heavy atom. The molecular formula is C42H24N2S2. The van der Waals surface area contributed by atoms with E-state index in [0.29, 0.717) is 0 Å².